The maximum Gasteiger partial charge on any atom is 0.295 e. The largest absolute Gasteiger partial charge is 0.390 e. The van der Waals surface area contributed by atoms with Crippen molar-refractivity contribution in [3.05, 3.63) is 35.4 Å². The molecule has 78 valence electrons. The Kier molecular flexibility index (Phi) is 3.55. The van der Waals surface area contributed by atoms with Crippen molar-refractivity contribution in [1.82, 2.24) is 0 Å². The Hall–Kier alpha value is -1.00. The van der Waals surface area contributed by atoms with E-state index in [4.69, 9.17) is 9.84 Å². The summed E-state index contributed by atoms with van der Waals surface area (Å²) in [7, 11) is 1.50. The standard InChI is InChI=1S/C10H12F2O2/c1-14-6-8-3-2-4-9(5-8)10(11,12)7-13/h2-5,13H,6-7H2,1H3. The van der Waals surface area contributed by atoms with E-state index in [0.717, 1.165) is 0 Å². The molecule has 1 N–H and O–H groups in total. The number of aliphatic hydroxyl groups excluding tert-OH is 1. The molecular formula is C10H12F2O2. The maximum atomic E-state index is 13.0. The molecular weight excluding hydrogens is 190 g/mol. The zero-order valence-corrected chi connectivity index (χ0v) is 7.84. The highest BCUT2D eigenvalue weighted by atomic mass is 19.3. The lowest BCUT2D eigenvalue weighted by molar-refractivity contribution is -0.0557. The molecule has 0 fully saturated rings. The van der Waals surface area contributed by atoms with Crippen LogP contribution in [0.25, 0.3) is 0 Å². The van der Waals surface area contributed by atoms with Crippen molar-refractivity contribution in [2.75, 3.05) is 13.7 Å². The van der Waals surface area contributed by atoms with Gasteiger partial charge >= 0.3 is 0 Å². The molecule has 0 saturated carbocycles. The van der Waals surface area contributed by atoms with Crippen LogP contribution < -0.4 is 0 Å². The van der Waals surface area contributed by atoms with Crippen LogP contribution in [0.15, 0.2) is 24.3 Å². The van der Waals surface area contributed by atoms with Crippen LogP contribution in [0.4, 0.5) is 8.78 Å². The summed E-state index contributed by atoms with van der Waals surface area (Å²) >= 11 is 0. The van der Waals surface area contributed by atoms with Gasteiger partial charge in [0.15, 0.2) is 0 Å². The smallest absolute Gasteiger partial charge is 0.295 e. The van der Waals surface area contributed by atoms with E-state index >= 15 is 0 Å². The second-order valence-electron chi connectivity index (χ2n) is 3.00. The van der Waals surface area contributed by atoms with Crippen molar-refractivity contribution in [3.63, 3.8) is 0 Å². The minimum absolute atomic E-state index is 0.186. The molecule has 0 saturated heterocycles. The lowest BCUT2D eigenvalue weighted by atomic mass is 10.1. The number of benzene rings is 1. The second-order valence-corrected chi connectivity index (χ2v) is 3.00. The predicted molar refractivity (Wildman–Crippen MR) is 48.1 cm³/mol. The Morgan fingerprint density at radius 2 is 2.14 bits per heavy atom. The van der Waals surface area contributed by atoms with E-state index in [1.165, 1.54) is 25.3 Å². The molecule has 0 aliphatic rings. The minimum atomic E-state index is -3.18. The van der Waals surface area contributed by atoms with E-state index in [9.17, 15) is 8.78 Å². The molecule has 1 aromatic carbocycles. The van der Waals surface area contributed by atoms with Gasteiger partial charge < -0.3 is 9.84 Å². The van der Waals surface area contributed by atoms with Crippen molar-refractivity contribution < 1.29 is 18.6 Å². The number of aliphatic hydroxyl groups is 1. The van der Waals surface area contributed by atoms with Crippen LogP contribution >= 0.6 is 0 Å². The highest BCUT2D eigenvalue weighted by molar-refractivity contribution is 5.26. The second kappa shape index (κ2) is 4.48. The predicted octanol–water partition coefficient (Wildman–Crippen LogP) is 1.92. The van der Waals surface area contributed by atoms with Gasteiger partial charge in [0.05, 0.1) is 6.61 Å². The molecule has 0 aliphatic heterocycles. The van der Waals surface area contributed by atoms with E-state index < -0.39 is 12.5 Å². The van der Waals surface area contributed by atoms with Gasteiger partial charge in [0, 0.05) is 12.7 Å². The molecule has 0 aliphatic carbocycles. The molecule has 1 aromatic rings. The van der Waals surface area contributed by atoms with Crippen LogP contribution in [0.5, 0.6) is 0 Å². The number of hydrogen-bond acceptors (Lipinski definition) is 2. The van der Waals surface area contributed by atoms with E-state index in [-0.39, 0.29) is 12.2 Å². The summed E-state index contributed by atoms with van der Waals surface area (Å²) in [4.78, 5) is 0. The normalized spacial score (nSPS) is 11.7. The first-order valence-corrected chi connectivity index (χ1v) is 4.17. The number of hydrogen-bond donors (Lipinski definition) is 1. The van der Waals surface area contributed by atoms with Gasteiger partial charge in [-0.3, -0.25) is 0 Å². The summed E-state index contributed by atoms with van der Waals surface area (Å²) in [5, 5.41) is 8.49. The quantitative estimate of drug-likeness (QED) is 0.808. The fourth-order valence-electron chi connectivity index (χ4n) is 1.15. The van der Waals surface area contributed by atoms with Crippen molar-refractivity contribution in [3.8, 4) is 0 Å². The number of alkyl halides is 2. The molecule has 0 bridgehead atoms. The lowest BCUT2D eigenvalue weighted by Crippen LogP contribution is -2.18. The van der Waals surface area contributed by atoms with Crippen LogP contribution in [-0.2, 0) is 17.3 Å². The Labute approximate surface area is 81.1 Å². The number of ether oxygens (including phenoxy) is 1. The fraction of sp³-hybridized carbons (Fsp3) is 0.400. The number of rotatable bonds is 4. The highest BCUT2D eigenvalue weighted by Crippen LogP contribution is 2.27. The fourth-order valence-corrected chi connectivity index (χ4v) is 1.15. The van der Waals surface area contributed by atoms with E-state index in [1.807, 2.05) is 0 Å². The van der Waals surface area contributed by atoms with Crippen LogP contribution in [0, 0.1) is 0 Å². The van der Waals surface area contributed by atoms with Gasteiger partial charge in [-0.1, -0.05) is 18.2 Å². The molecule has 0 atom stereocenters. The SMILES string of the molecule is COCc1cccc(C(F)(F)CO)c1. The topological polar surface area (TPSA) is 29.5 Å². The third-order valence-corrected chi connectivity index (χ3v) is 1.86. The third kappa shape index (κ3) is 2.49. The molecule has 0 amide bonds. The van der Waals surface area contributed by atoms with Crippen molar-refractivity contribution in [2.45, 2.75) is 12.5 Å². The summed E-state index contributed by atoms with van der Waals surface area (Å²) < 4.78 is 30.9. The Morgan fingerprint density at radius 3 is 2.71 bits per heavy atom. The molecule has 4 heteroatoms. The maximum absolute atomic E-state index is 13.0. The Bertz CT molecular complexity index is 300. The highest BCUT2D eigenvalue weighted by Gasteiger charge is 2.30. The number of halogens is 2. The summed E-state index contributed by atoms with van der Waals surface area (Å²) in [5.74, 6) is -3.18. The summed E-state index contributed by atoms with van der Waals surface area (Å²) in [6, 6.07) is 5.84. The molecule has 0 heterocycles. The molecule has 0 unspecified atom stereocenters. The minimum Gasteiger partial charge on any atom is -0.390 e. The van der Waals surface area contributed by atoms with E-state index in [2.05, 4.69) is 0 Å². The summed E-state index contributed by atoms with van der Waals surface area (Å²) in [5.41, 5.74) is 0.479. The summed E-state index contributed by atoms with van der Waals surface area (Å²) in [6.45, 7) is -0.890. The monoisotopic (exact) mass is 202 g/mol. The first-order valence-electron chi connectivity index (χ1n) is 4.17. The van der Waals surface area contributed by atoms with Crippen molar-refractivity contribution in [1.29, 1.82) is 0 Å². The zero-order chi connectivity index (χ0) is 10.6. The van der Waals surface area contributed by atoms with Gasteiger partial charge in [-0.25, -0.2) is 0 Å². The van der Waals surface area contributed by atoms with Crippen molar-refractivity contribution >= 4 is 0 Å². The van der Waals surface area contributed by atoms with Crippen LogP contribution in [0.2, 0.25) is 0 Å². The van der Waals surface area contributed by atoms with Gasteiger partial charge in [0.2, 0.25) is 0 Å². The van der Waals surface area contributed by atoms with Crippen molar-refractivity contribution in [2.24, 2.45) is 0 Å². The molecule has 0 aromatic heterocycles. The zero-order valence-electron chi connectivity index (χ0n) is 7.84. The first kappa shape index (κ1) is 11.1. The Morgan fingerprint density at radius 1 is 1.43 bits per heavy atom. The Balaban J connectivity index is 2.93. The van der Waals surface area contributed by atoms with Crippen LogP contribution in [0.3, 0.4) is 0 Å². The van der Waals surface area contributed by atoms with Gasteiger partial charge in [0.25, 0.3) is 5.92 Å². The first-order chi connectivity index (χ1) is 6.60. The average molecular weight is 202 g/mol. The van der Waals surface area contributed by atoms with Crippen LogP contribution in [-0.4, -0.2) is 18.8 Å². The molecule has 0 spiro atoms. The van der Waals surface area contributed by atoms with Gasteiger partial charge in [0.1, 0.15) is 6.61 Å². The molecule has 1 rings (SSSR count). The van der Waals surface area contributed by atoms with Crippen LogP contribution in [0.1, 0.15) is 11.1 Å². The lowest BCUT2D eigenvalue weighted by Gasteiger charge is -2.14. The molecule has 14 heavy (non-hydrogen) atoms. The third-order valence-electron chi connectivity index (χ3n) is 1.86. The van der Waals surface area contributed by atoms with Gasteiger partial charge in [-0.2, -0.15) is 8.78 Å². The van der Waals surface area contributed by atoms with E-state index in [1.54, 1.807) is 6.07 Å². The average Bonchev–Trinajstić information content (AvgIpc) is 2.19. The van der Waals surface area contributed by atoms with E-state index in [0.29, 0.717) is 5.56 Å². The van der Waals surface area contributed by atoms with Gasteiger partial charge in [-0.05, 0) is 11.6 Å². The summed E-state index contributed by atoms with van der Waals surface area (Å²) in [6.07, 6.45) is 0. The molecule has 0 radical (unpaired) electrons. The van der Waals surface area contributed by atoms with Gasteiger partial charge in [-0.15, -0.1) is 0 Å². The number of methoxy groups -OCH3 is 1. The molecule has 2 nitrogen and oxygen atoms in total.